The van der Waals surface area contributed by atoms with Gasteiger partial charge in [0.25, 0.3) is 0 Å². The number of aromatic hydroxyl groups is 2. The molecule has 0 spiro atoms. The van der Waals surface area contributed by atoms with Crippen molar-refractivity contribution in [3.63, 3.8) is 0 Å². The molecule has 2 aromatic rings. The predicted molar refractivity (Wildman–Crippen MR) is 104 cm³/mol. The van der Waals surface area contributed by atoms with Gasteiger partial charge >= 0.3 is 13.8 Å². The predicted octanol–water partition coefficient (Wildman–Crippen LogP) is 0.251. The van der Waals surface area contributed by atoms with Gasteiger partial charge in [0, 0.05) is 6.42 Å². The van der Waals surface area contributed by atoms with Crippen LogP contribution in [0, 0.1) is 0 Å². The summed E-state index contributed by atoms with van der Waals surface area (Å²) in [4.78, 5) is 41.3. The van der Waals surface area contributed by atoms with Gasteiger partial charge in [-0.05, 0) is 41.8 Å². The maximum absolute atomic E-state index is 12.3. The molecule has 0 aromatic heterocycles. The Morgan fingerprint density at radius 1 is 1.00 bits per heavy atom. The van der Waals surface area contributed by atoms with E-state index in [4.69, 9.17) is 15.5 Å². The van der Waals surface area contributed by atoms with E-state index < -0.39 is 31.8 Å². The SMILES string of the molecule is N[C@@H](Cc1ccc(O)c(O)c1)C(=O)N[C@@H](Cc1ccc(OP(=O)(O)O)cc1)C(=O)O. The third kappa shape index (κ3) is 7.05. The first-order chi connectivity index (χ1) is 13.9. The molecule has 0 aliphatic rings. The molecule has 0 aliphatic carbocycles. The van der Waals surface area contributed by atoms with Gasteiger partial charge in [-0.3, -0.25) is 14.6 Å². The summed E-state index contributed by atoms with van der Waals surface area (Å²) in [6, 6.07) is 6.90. The van der Waals surface area contributed by atoms with Gasteiger partial charge in [0.15, 0.2) is 11.5 Å². The molecule has 11 nitrogen and oxygen atoms in total. The van der Waals surface area contributed by atoms with Crippen molar-refractivity contribution in [3.05, 3.63) is 53.6 Å². The summed E-state index contributed by atoms with van der Waals surface area (Å²) in [6.45, 7) is 0. The number of phosphoric acid groups is 1. The molecule has 8 N–H and O–H groups in total. The van der Waals surface area contributed by atoms with E-state index in [1.807, 2.05) is 0 Å². The van der Waals surface area contributed by atoms with Gasteiger partial charge in [0.05, 0.1) is 6.04 Å². The minimum atomic E-state index is -4.71. The Morgan fingerprint density at radius 2 is 1.60 bits per heavy atom. The second kappa shape index (κ2) is 9.59. The van der Waals surface area contributed by atoms with Gasteiger partial charge in [-0.15, -0.1) is 0 Å². The number of carbonyl (C=O) groups excluding carboxylic acids is 1. The molecule has 0 heterocycles. The highest BCUT2D eigenvalue weighted by Gasteiger charge is 2.24. The van der Waals surface area contributed by atoms with Crippen molar-refractivity contribution in [2.24, 2.45) is 5.73 Å². The van der Waals surface area contributed by atoms with Crippen LogP contribution in [0.3, 0.4) is 0 Å². The van der Waals surface area contributed by atoms with Crippen molar-refractivity contribution in [2.75, 3.05) is 0 Å². The molecule has 0 saturated heterocycles. The van der Waals surface area contributed by atoms with Gasteiger partial charge in [-0.25, -0.2) is 9.36 Å². The van der Waals surface area contributed by atoms with E-state index in [0.29, 0.717) is 11.1 Å². The van der Waals surface area contributed by atoms with Crippen molar-refractivity contribution in [1.29, 1.82) is 0 Å². The van der Waals surface area contributed by atoms with Crippen LogP contribution in [0.1, 0.15) is 11.1 Å². The number of carboxylic acid groups (broad SMARTS) is 1. The lowest BCUT2D eigenvalue weighted by Gasteiger charge is -2.18. The molecule has 0 aliphatic heterocycles. The fourth-order valence-corrected chi connectivity index (χ4v) is 2.98. The molecular weight excluding hydrogens is 419 g/mol. The molecule has 0 radical (unpaired) electrons. The lowest BCUT2D eigenvalue weighted by molar-refractivity contribution is -0.141. The van der Waals surface area contributed by atoms with Crippen LogP contribution in [-0.2, 0) is 27.0 Å². The largest absolute Gasteiger partial charge is 0.524 e. The van der Waals surface area contributed by atoms with Crippen molar-refractivity contribution >= 4 is 19.7 Å². The zero-order valence-corrected chi connectivity index (χ0v) is 16.4. The Balaban J connectivity index is 2.00. The van der Waals surface area contributed by atoms with E-state index in [1.165, 1.54) is 42.5 Å². The van der Waals surface area contributed by atoms with E-state index in [0.717, 1.165) is 0 Å². The van der Waals surface area contributed by atoms with Gasteiger partial charge in [-0.2, -0.15) is 0 Å². The summed E-state index contributed by atoms with van der Waals surface area (Å²) in [5.41, 5.74) is 6.76. The summed E-state index contributed by atoms with van der Waals surface area (Å²) in [5, 5.41) is 30.5. The first-order valence-corrected chi connectivity index (χ1v) is 10.1. The van der Waals surface area contributed by atoms with Gasteiger partial charge in [-0.1, -0.05) is 18.2 Å². The van der Waals surface area contributed by atoms with E-state index in [9.17, 15) is 29.5 Å². The lowest BCUT2D eigenvalue weighted by atomic mass is 10.0. The van der Waals surface area contributed by atoms with Crippen LogP contribution < -0.4 is 15.6 Å². The van der Waals surface area contributed by atoms with Crippen molar-refractivity contribution in [1.82, 2.24) is 5.32 Å². The Hall–Kier alpha value is -3.11. The quantitative estimate of drug-likeness (QED) is 0.209. The average molecular weight is 440 g/mol. The molecule has 0 unspecified atom stereocenters. The summed E-state index contributed by atoms with van der Waals surface area (Å²) >= 11 is 0. The molecule has 2 atom stereocenters. The number of amides is 1. The highest BCUT2D eigenvalue weighted by molar-refractivity contribution is 7.46. The zero-order valence-electron chi connectivity index (χ0n) is 15.5. The maximum Gasteiger partial charge on any atom is 0.524 e. The molecule has 1 amide bonds. The van der Waals surface area contributed by atoms with Crippen LogP contribution in [0.25, 0.3) is 0 Å². The normalized spacial score (nSPS) is 13.3. The number of nitrogens with one attached hydrogen (secondary N) is 1. The van der Waals surface area contributed by atoms with E-state index in [-0.39, 0.29) is 30.1 Å². The molecule has 2 rings (SSSR count). The molecule has 12 heteroatoms. The molecular formula is C18H21N2O9P. The number of carbonyl (C=O) groups is 2. The summed E-state index contributed by atoms with van der Waals surface area (Å²) in [5.74, 6) is -2.80. The first-order valence-electron chi connectivity index (χ1n) is 8.58. The van der Waals surface area contributed by atoms with Crippen LogP contribution in [0.2, 0.25) is 0 Å². The first kappa shape index (κ1) is 23.2. The molecule has 162 valence electrons. The van der Waals surface area contributed by atoms with Crippen LogP contribution in [0.15, 0.2) is 42.5 Å². The summed E-state index contributed by atoms with van der Waals surface area (Å²) < 4.78 is 15.2. The molecule has 0 bridgehead atoms. The van der Waals surface area contributed by atoms with Crippen LogP contribution in [-0.4, -0.2) is 49.1 Å². The van der Waals surface area contributed by atoms with E-state index in [2.05, 4.69) is 9.84 Å². The number of rotatable bonds is 9. The number of phenols is 2. The Labute approximate surface area is 171 Å². The zero-order chi connectivity index (χ0) is 22.5. The number of benzene rings is 2. The minimum Gasteiger partial charge on any atom is -0.504 e. The smallest absolute Gasteiger partial charge is 0.504 e. The van der Waals surface area contributed by atoms with Crippen LogP contribution in [0.5, 0.6) is 17.2 Å². The molecule has 0 fully saturated rings. The fourth-order valence-electron chi connectivity index (χ4n) is 2.58. The van der Waals surface area contributed by atoms with Crippen LogP contribution >= 0.6 is 7.82 Å². The Bertz CT molecular complexity index is 959. The Morgan fingerprint density at radius 3 is 2.13 bits per heavy atom. The third-order valence-corrected chi connectivity index (χ3v) is 4.48. The van der Waals surface area contributed by atoms with Crippen molar-refractivity contribution in [2.45, 2.75) is 24.9 Å². The number of phosphoric ester groups is 1. The molecule has 2 aromatic carbocycles. The van der Waals surface area contributed by atoms with Gasteiger partial charge < -0.3 is 30.9 Å². The molecule has 30 heavy (non-hydrogen) atoms. The van der Waals surface area contributed by atoms with E-state index >= 15 is 0 Å². The van der Waals surface area contributed by atoms with Crippen molar-refractivity contribution in [3.8, 4) is 17.2 Å². The maximum atomic E-state index is 12.3. The van der Waals surface area contributed by atoms with Crippen molar-refractivity contribution < 1.29 is 43.8 Å². The minimum absolute atomic E-state index is 0.000421. The second-order valence-electron chi connectivity index (χ2n) is 6.46. The second-order valence-corrected chi connectivity index (χ2v) is 7.63. The number of nitrogens with two attached hydrogens (primary N) is 1. The standard InChI is InChI=1S/C18H21N2O9P/c19-13(7-11-3-6-15(21)16(22)9-11)17(23)20-14(18(24)25)8-10-1-4-12(5-2-10)29-30(26,27)28/h1-6,9,13-14,21-22H,7-8,19H2,(H,20,23)(H,24,25)(H2,26,27,28)/t13-,14-/m0/s1. The topological polar surface area (TPSA) is 200 Å². The van der Waals surface area contributed by atoms with Crippen LogP contribution in [0.4, 0.5) is 0 Å². The number of hydrogen-bond acceptors (Lipinski definition) is 7. The average Bonchev–Trinajstić information content (AvgIpc) is 2.64. The monoisotopic (exact) mass is 440 g/mol. The fraction of sp³-hybridized carbons (Fsp3) is 0.222. The Kier molecular flexibility index (Phi) is 7.41. The number of aliphatic carboxylic acids is 1. The van der Waals surface area contributed by atoms with Gasteiger partial charge in [0.1, 0.15) is 11.8 Å². The highest BCUT2D eigenvalue weighted by Crippen LogP contribution is 2.37. The highest BCUT2D eigenvalue weighted by atomic mass is 31.2. The van der Waals surface area contributed by atoms with Gasteiger partial charge in [0.2, 0.25) is 5.91 Å². The van der Waals surface area contributed by atoms with E-state index in [1.54, 1.807) is 0 Å². The summed E-state index contributed by atoms with van der Waals surface area (Å²) in [6.07, 6.45) is -0.107. The summed E-state index contributed by atoms with van der Waals surface area (Å²) in [7, 11) is -4.71. The molecule has 0 saturated carbocycles. The number of phenolic OH excluding ortho intramolecular Hbond substituents is 2. The number of hydrogen-bond donors (Lipinski definition) is 7. The number of carboxylic acids is 1. The third-order valence-electron chi connectivity index (χ3n) is 4.03. The lowest BCUT2D eigenvalue weighted by Crippen LogP contribution is -2.50.